The number of amides is 1. The molecule has 1 saturated heterocycles. The van der Waals surface area contributed by atoms with Gasteiger partial charge in [0.05, 0.1) is 6.21 Å². The quantitative estimate of drug-likeness (QED) is 0.694. The normalized spacial score (nSPS) is 15.2. The summed E-state index contributed by atoms with van der Waals surface area (Å²) in [7, 11) is 0. The van der Waals surface area contributed by atoms with Gasteiger partial charge in [-0.25, -0.2) is 5.43 Å². The standard InChI is InChI=1S/C19H22N4O/c24-19(17-9-11-20-12-10-17)22-21-15-16-5-7-18(8-6-16)23-13-3-1-2-4-14-23/h5-12,15H,1-4,13-14H2,(H,22,24)/b21-15-. The first-order valence-corrected chi connectivity index (χ1v) is 8.41. The van der Waals surface area contributed by atoms with Crippen LogP contribution in [0.15, 0.2) is 53.9 Å². The zero-order valence-corrected chi connectivity index (χ0v) is 13.7. The van der Waals surface area contributed by atoms with Gasteiger partial charge in [0.1, 0.15) is 0 Å². The van der Waals surface area contributed by atoms with E-state index in [0.29, 0.717) is 5.56 Å². The zero-order valence-electron chi connectivity index (χ0n) is 13.7. The maximum absolute atomic E-state index is 11.9. The maximum Gasteiger partial charge on any atom is 0.271 e. The van der Waals surface area contributed by atoms with Crippen molar-refractivity contribution in [3.8, 4) is 0 Å². The molecule has 5 nitrogen and oxygen atoms in total. The van der Waals surface area contributed by atoms with Gasteiger partial charge in [-0.2, -0.15) is 5.10 Å². The molecule has 1 amide bonds. The van der Waals surface area contributed by atoms with Crippen LogP contribution >= 0.6 is 0 Å². The van der Waals surface area contributed by atoms with E-state index in [0.717, 1.165) is 18.7 Å². The summed E-state index contributed by atoms with van der Waals surface area (Å²) in [5.74, 6) is -0.241. The molecular weight excluding hydrogens is 300 g/mol. The molecule has 0 unspecified atom stereocenters. The van der Waals surface area contributed by atoms with Crippen molar-refractivity contribution in [1.82, 2.24) is 10.4 Å². The summed E-state index contributed by atoms with van der Waals surface area (Å²) in [4.78, 5) is 18.2. The second-order valence-corrected chi connectivity index (χ2v) is 5.93. The molecule has 5 heteroatoms. The number of aromatic nitrogens is 1. The SMILES string of the molecule is O=C(N/N=C\c1ccc(N2CCCCCC2)cc1)c1ccncc1. The zero-order chi connectivity index (χ0) is 16.6. The number of pyridine rings is 1. The van der Waals surface area contributed by atoms with Crippen molar-refractivity contribution in [3.63, 3.8) is 0 Å². The monoisotopic (exact) mass is 322 g/mol. The third kappa shape index (κ3) is 4.41. The van der Waals surface area contributed by atoms with E-state index in [9.17, 15) is 4.79 Å². The molecule has 3 rings (SSSR count). The maximum atomic E-state index is 11.9. The Kier molecular flexibility index (Phi) is 5.56. The van der Waals surface area contributed by atoms with Crippen LogP contribution in [0.2, 0.25) is 0 Å². The fraction of sp³-hybridized carbons (Fsp3) is 0.316. The summed E-state index contributed by atoms with van der Waals surface area (Å²) < 4.78 is 0. The number of hydrazone groups is 1. The van der Waals surface area contributed by atoms with E-state index in [1.54, 1.807) is 30.7 Å². The van der Waals surface area contributed by atoms with E-state index in [1.165, 1.54) is 31.4 Å². The molecule has 0 radical (unpaired) electrons. The molecule has 124 valence electrons. The summed E-state index contributed by atoms with van der Waals surface area (Å²) >= 11 is 0. The van der Waals surface area contributed by atoms with Gasteiger partial charge < -0.3 is 4.90 Å². The smallest absolute Gasteiger partial charge is 0.271 e. The van der Waals surface area contributed by atoms with Crippen LogP contribution in [0.1, 0.15) is 41.6 Å². The largest absolute Gasteiger partial charge is 0.372 e. The van der Waals surface area contributed by atoms with Crippen LogP contribution in [-0.2, 0) is 0 Å². The van der Waals surface area contributed by atoms with Crippen LogP contribution in [-0.4, -0.2) is 30.2 Å². The highest BCUT2D eigenvalue weighted by molar-refractivity contribution is 5.94. The summed E-state index contributed by atoms with van der Waals surface area (Å²) in [6, 6.07) is 11.6. The van der Waals surface area contributed by atoms with Crippen molar-refractivity contribution in [2.24, 2.45) is 5.10 Å². The van der Waals surface area contributed by atoms with Crippen LogP contribution < -0.4 is 10.3 Å². The highest BCUT2D eigenvalue weighted by atomic mass is 16.2. The lowest BCUT2D eigenvalue weighted by Gasteiger charge is -2.22. The molecule has 24 heavy (non-hydrogen) atoms. The van der Waals surface area contributed by atoms with Gasteiger partial charge in [-0.3, -0.25) is 9.78 Å². The molecule has 0 atom stereocenters. The average molecular weight is 322 g/mol. The number of hydrogen-bond acceptors (Lipinski definition) is 4. The minimum absolute atomic E-state index is 0.241. The molecule has 1 aromatic carbocycles. The third-order valence-corrected chi connectivity index (χ3v) is 4.19. The Morgan fingerprint density at radius 2 is 1.67 bits per heavy atom. The topological polar surface area (TPSA) is 57.6 Å². The molecular formula is C19H22N4O. The van der Waals surface area contributed by atoms with E-state index in [2.05, 4.69) is 32.5 Å². The summed E-state index contributed by atoms with van der Waals surface area (Å²) in [6.45, 7) is 2.27. The van der Waals surface area contributed by atoms with Crippen LogP contribution in [0.5, 0.6) is 0 Å². The number of nitrogens with zero attached hydrogens (tertiary/aromatic N) is 3. The highest BCUT2D eigenvalue weighted by Gasteiger charge is 2.09. The molecule has 2 heterocycles. The van der Waals surface area contributed by atoms with E-state index >= 15 is 0 Å². The Hall–Kier alpha value is -2.69. The van der Waals surface area contributed by atoms with Gasteiger partial charge in [0.2, 0.25) is 0 Å². The van der Waals surface area contributed by atoms with Crippen LogP contribution in [0.3, 0.4) is 0 Å². The predicted molar refractivity (Wildman–Crippen MR) is 96.4 cm³/mol. The number of carbonyl (C=O) groups is 1. The number of nitrogens with one attached hydrogen (secondary N) is 1. The first-order valence-electron chi connectivity index (χ1n) is 8.41. The Morgan fingerprint density at radius 1 is 1.00 bits per heavy atom. The number of carbonyl (C=O) groups excluding carboxylic acids is 1. The van der Waals surface area contributed by atoms with Gasteiger partial charge in [0.15, 0.2) is 0 Å². The summed E-state index contributed by atoms with van der Waals surface area (Å²) in [5.41, 5.74) is 5.29. The van der Waals surface area contributed by atoms with Gasteiger partial charge in [-0.1, -0.05) is 25.0 Å². The van der Waals surface area contributed by atoms with Crippen molar-refractivity contribution in [1.29, 1.82) is 0 Å². The minimum atomic E-state index is -0.241. The van der Waals surface area contributed by atoms with Crippen molar-refractivity contribution in [2.75, 3.05) is 18.0 Å². The minimum Gasteiger partial charge on any atom is -0.372 e. The Morgan fingerprint density at radius 3 is 2.33 bits per heavy atom. The number of benzene rings is 1. The van der Waals surface area contributed by atoms with Gasteiger partial charge in [-0.05, 0) is 42.7 Å². The molecule has 0 spiro atoms. The molecule has 1 aromatic heterocycles. The lowest BCUT2D eigenvalue weighted by Crippen LogP contribution is -2.23. The third-order valence-electron chi connectivity index (χ3n) is 4.19. The molecule has 0 saturated carbocycles. The van der Waals surface area contributed by atoms with Crippen LogP contribution in [0, 0.1) is 0 Å². The van der Waals surface area contributed by atoms with Crippen molar-refractivity contribution in [2.45, 2.75) is 25.7 Å². The molecule has 0 bridgehead atoms. The van der Waals surface area contributed by atoms with Crippen molar-refractivity contribution < 1.29 is 4.79 Å². The fourth-order valence-corrected chi connectivity index (χ4v) is 2.83. The van der Waals surface area contributed by atoms with Gasteiger partial charge >= 0.3 is 0 Å². The van der Waals surface area contributed by atoms with Crippen LogP contribution in [0.4, 0.5) is 5.69 Å². The predicted octanol–water partition coefficient (Wildman–Crippen LogP) is 3.23. The molecule has 1 fully saturated rings. The molecule has 1 aliphatic rings. The fourth-order valence-electron chi connectivity index (χ4n) is 2.83. The lowest BCUT2D eigenvalue weighted by molar-refractivity contribution is 0.0955. The number of hydrogen-bond donors (Lipinski definition) is 1. The Balaban J connectivity index is 1.56. The first-order chi connectivity index (χ1) is 11.8. The van der Waals surface area contributed by atoms with Gasteiger partial charge in [0.25, 0.3) is 5.91 Å². The molecule has 1 N–H and O–H groups in total. The van der Waals surface area contributed by atoms with Crippen molar-refractivity contribution >= 4 is 17.8 Å². The summed E-state index contributed by atoms with van der Waals surface area (Å²) in [5, 5.41) is 4.02. The van der Waals surface area contributed by atoms with Gasteiger partial charge in [-0.15, -0.1) is 0 Å². The van der Waals surface area contributed by atoms with E-state index < -0.39 is 0 Å². The average Bonchev–Trinajstić information content (AvgIpc) is 2.92. The van der Waals surface area contributed by atoms with E-state index in [4.69, 9.17) is 0 Å². The molecule has 2 aromatic rings. The van der Waals surface area contributed by atoms with Crippen LogP contribution in [0.25, 0.3) is 0 Å². The second-order valence-electron chi connectivity index (χ2n) is 5.93. The summed E-state index contributed by atoms with van der Waals surface area (Å²) in [6.07, 6.45) is 10.0. The Labute approximate surface area is 142 Å². The molecule has 0 aliphatic carbocycles. The van der Waals surface area contributed by atoms with Crippen molar-refractivity contribution in [3.05, 3.63) is 59.9 Å². The van der Waals surface area contributed by atoms with E-state index in [1.807, 2.05) is 12.1 Å². The second kappa shape index (κ2) is 8.24. The highest BCUT2D eigenvalue weighted by Crippen LogP contribution is 2.19. The first kappa shape index (κ1) is 16.2. The van der Waals surface area contributed by atoms with E-state index in [-0.39, 0.29) is 5.91 Å². The Bertz CT molecular complexity index is 674. The lowest BCUT2D eigenvalue weighted by atomic mass is 10.2. The number of anilines is 1. The molecule has 1 aliphatic heterocycles. The van der Waals surface area contributed by atoms with Gasteiger partial charge in [0, 0.05) is 36.7 Å². The number of rotatable bonds is 4.